The number of hydrogen-bond donors (Lipinski definition) is 1. The summed E-state index contributed by atoms with van der Waals surface area (Å²) in [6.45, 7) is 4.98. The summed E-state index contributed by atoms with van der Waals surface area (Å²) in [6.07, 6.45) is 1.47. The van der Waals surface area contributed by atoms with E-state index in [2.05, 4.69) is 5.10 Å². The maximum Gasteiger partial charge on any atom is 0.317 e. The van der Waals surface area contributed by atoms with Crippen molar-refractivity contribution in [2.45, 2.75) is 32.7 Å². The molecule has 0 aliphatic carbocycles. The Morgan fingerprint density at radius 1 is 1.57 bits per heavy atom. The molecule has 7 heteroatoms. The van der Waals surface area contributed by atoms with Gasteiger partial charge in [-0.2, -0.15) is 5.10 Å². The molecule has 0 aromatic carbocycles. The molecule has 1 aliphatic rings. The van der Waals surface area contributed by atoms with Crippen molar-refractivity contribution in [1.29, 1.82) is 0 Å². The first-order chi connectivity index (χ1) is 9.93. The standard InChI is InChI=1S/C14H22N4O3/c1-4-6-17(9-13(19)20)11-5-7-18(14(11)21)12-8-10(2)15-16(12)3/h8,11H,4-7,9H2,1-3H3,(H,19,20). The van der Waals surface area contributed by atoms with Crippen molar-refractivity contribution in [2.24, 2.45) is 7.05 Å². The maximum atomic E-state index is 12.6. The number of carboxylic acid groups (broad SMARTS) is 1. The van der Waals surface area contributed by atoms with Crippen LogP contribution in [0.5, 0.6) is 0 Å². The Bertz CT molecular complexity index is 540. The molecule has 1 atom stereocenters. The fraction of sp³-hybridized carbons (Fsp3) is 0.643. The minimum absolute atomic E-state index is 0.0345. The molecule has 2 heterocycles. The SMILES string of the molecule is CCCN(CC(=O)O)C1CCN(c2cc(C)nn2C)C1=O. The van der Waals surface area contributed by atoms with Gasteiger partial charge in [0.05, 0.1) is 18.3 Å². The molecule has 1 saturated heterocycles. The molecule has 1 aliphatic heterocycles. The molecule has 7 nitrogen and oxygen atoms in total. The lowest BCUT2D eigenvalue weighted by Gasteiger charge is -2.25. The van der Waals surface area contributed by atoms with Crippen molar-refractivity contribution in [2.75, 3.05) is 24.5 Å². The molecule has 1 fully saturated rings. The predicted molar refractivity (Wildman–Crippen MR) is 78.2 cm³/mol. The Morgan fingerprint density at radius 2 is 2.29 bits per heavy atom. The summed E-state index contributed by atoms with van der Waals surface area (Å²) in [7, 11) is 1.81. The molecule has 1 amide bonds. The number of carbonyl (C=O) groups excluding carboxylic acids is 1. The van der Waals surface area contributed by atoms with Crippen molar-refractivity contribution >= 4 is 17.7 Å². The lowest BCUT2D eigenvalue weighted by atomic mass is 10.2. The highest BCUT2D eigenvalue weighted by molar-refractivity contribution is 5.99. The number of anilines is 1. The summed E-state index contributed by atoms with van der Waals surface area (Å²) in [5.41, 5.74) is 0.861. The van der Waals surface area contributed by atoms with Crippen LogP contribution < -0.4 is 4.90 Å². The summed E-state index contributed by atoms with van der Waals surface area (Å²) < 4.78 is 1.69. The Labute approximate surface area is 124 Å². The van der Waals surface area contributed by atoms with Gasteiger partial charge in [-0.15, -0.1) is 0 Å². The van der Waals surface area contributed by atoms with E-state index < -0.39 is 5.97 Å². The number of carbonyl (C=O) groups is 2. The molecule has 0 saturated carbocycles. The molecule has 1 aromatic heterocycles. The molecule has 0 bridgehead atoms. The van der Waals surface area contributed by atoms with Gasteiger partial charge in [-0.05, 0) is 26.3 Å². The van der Waals surface area contributed by atoms with E-state index in [0.717, 1.165) is 17.9 Å². The topological polar surface area (TPSA) is 78.7 Å². The van der Waals surface area contributed by atoms with Crippen LogP contribution in [0.15, 0.2) is 6.07 Å². The van der Waals surface area contributed by atoms with Crippen LogP contribution in [-0.4, -0.2) is 57.3 Å². The number of nitrogens with zero attached hydrogens (tertiary/aromatic N) is 4. The van der Waals surface area contributed by atoms with E-state index in [1.807, 2.05) is 27.0 Å². The second-order valence-electron chi connectivity index (χ2n) is 5.43. The molecule has 1 N–H and O–H groups in total. The number of aryl methyl sites for hydroxylation is 2. The van der Waals surface area contributed by atoms with Gasteiger partial charge in [0.2, 0.25) is 5.91 Å². The number of amides is 1. The minimum Gasteiger partial charge on any atom is -0.480 e. The van der Waals surface area contributed by atoms with E-state index in [0.29, 0.717) is 19.5 Å². The third kappa shape index (κ3) is 3.24. The van der Waals surface area contributed by atoms with Gasteiger partial charge in [-0.3, -0.25) is 24.1 Å². The first-order valence-electron chi connectivity index (χ1n) is 7.22. The van der Waals surface area contributed by atoms with Crippen molar-refractivity contribution in [1.82, 2.24) is 14.7 Å². The fourth-order valence-corrected chi connectivity index (χ4v) is 2.89. The average Bonchev–Trinajstić information content (AvgIpc) is 2.91. The minimum atomic E-state index is -0.897. The number of hydrogen-bond acceptors (Lipinski definition) is 4. The average molecular weight is 294 g/mol. The third-order valence-corrected chi connectivity index (χ3v) is 3.72. The third-order valence-electron chi connectivity index (χ3n) is 3.72. The number of aromatic nitrogens is 2. The van der Waals surface area contributed by atoms with E-state index in [4.69, 9.17) is 5.11 Å². The van der Waals surface area contributed by atoms with Crippen LogP contribution >= 0.6 is 0 Å². The molecular weight excluding hydrogens is 272 g/mol. The van der Waals surface area contributed by atoms with E-state index >= 15 is 0 Å². The van der Waals surface area contributed by atoms with Crippen molar-refractivity contribution in [3.05, 3.63) is 11.8 Å². The van der Waals surface area contributed by atoms with E-state index in [1.54, 1.807) is 14.5 Å². The van der Waals surface area contributed by atoms with Gasteiger partial charge in [-0.25, -0.2) is 0 Å². The second kappa shape index (κ2) is 6.26. The van der Waals surface area contributed by atoms with Gasteiger partial charge < -0.3 is 5.11 Å². The number of carboxylic acids is 1. The quantitative estimate of drug-likeness (QED) is 0.832. The predicted octanol–water partition coefficient (Wildman–Crippen LogP) is 0.630. The number of rotatable bonds is 6. The van der Waals surface area contributed by atoms with E-state index in [1.165, 1.54) is 0 Å². The van der Waals surface area contributed by atoms with E-state index in [9.17, 15) is 9.59 Å². The van der Waals surface area contributed by atoms with E-state index in [-0.39, 0.29) is 18.5 Å². The lowest BCUT2D eigenvalue weighted by Crippen LogP contribution is -2.45. The van der Waals surface area contributed by atoms with Gasteiger partial charge in [0.15, 0.2) is 0 Å². The summed E-state index contributed by atoms with van der Waals surface area (Å²) in [4.78, 5) is 27.1. The Hall–Kier alpha value is -1.89. The molecule has 2 rings (SSSR count). The van der Waals surface area contributed by atoms with Crippen LogP contribution in [0.3, 0.4) is 0 Å². The highest BCUT2D eigenvalue weighted by atomic mass is 16.4. The second-order valence-corrected chi connectivity index (χ2v) is 5.43. The van der Waals surface area contributed by atoms with Gasteiger partial charge in [-0.1, -0.05) is 6.92 Å². The molecule has 116 valence electrons. The fourth-order valence-electron chi connectivity index (χ4n) is 2.89. The van der Waals surface area contributed by atoms with Crippen LogP contribution in [0.25, 0.3) is 0 Å². The maximum absolute atomic E-state index is 12.6. The monoisotopic (exact) mass is 294 g/mol. The van der Waals surface area contributed by atoms with Crippen molar-refractivity contribution in [3.63, 3.8) is 0 Å². The molecular formula is C14H22N4O3. The van der Waals surface area contributed by atoms with Crippen LogP contribution in [0.4, 0.5) is 5.82 Å². The molecule has 0 spiro atoms. The van der Waals surface area contributed by atoms with Crippen LogP contribution in [0, 0.1) is 6.92 Å². The lowest BCUT2D eigenvalue weighted by molar-refractivity contribution is -0.139. The van der Waals surface area contributed by atoms with Crippen LogP contribution in [0.2, 0.25) is 0 Å². The van der Waals surface area contributed by atoms with Crippen molar-refractivity contribution < 1.29 is 14.7 Å². The highest BCUT2D eigenvalue weighted by Crippen LogP contribution is 2.24. The summed E-state index contributed by atoms with van der Waals surface area (Å²) in [5, 5.41) is 13.3. The molecule has 21 heavy (non-hydrogen) atoms. The molecule has 1 unspecified atom stereocenters. The Balaban J connectivity index is 2.16. The highest BCUT2D eigenvalue weighted by Gasteiger charge is 2.38. The molecule has 0 radical (unpaired) electrons. The normalized spacial score (nSPS) is 18.8. The van der Waals surface area contributed by atoms with Gasteiger partial charge in [0, 0.05) is 19.7 Å². The first-order valence-corrected chi connectivity index (χ1v) is 7.22. The Kier molecular flexibility index (Phi) is 4.62. The zero-order valence-corrected chi connectivity index (χ0v) is 12.7. The molecule has 1 aromatic rings. The van der Waals surface area contributed by atoms with Crippen LogP contribution in [0.1, 0.15) is 25.5 Å². The summed E-state index contributed by atoms with van der Waals surface area (Å²) >= 11 is 0. The summed E-state index contributed by atoms with van der Waals surface area (Å²) in [6, 6.07) is 1.53. The Morgan fingerprint density at radius 3 is 2.81 bits per heavy atom. The van der Waals surface area contributed by atoms with Gasteiger partial charge in [0.25, 0.3) is 0 Å². The van der Waals surface area contributed by atoms with Crippen LogP contribution in [-0.2, 0) is 16.6 Å². The summed E-state index contributed by atoms with van der Waals surface area (Å²) in [5.74, 6) is -0.162. The smallest absolute Gasteiger partial charge is 0.317 e. The van der Waals surface area contributed by atoms with Gasteiger partial charge in [0.1, 0.15) is 5.82 Å². The van der Waals surface area contributed by atoms with Gasteiger partial charge >= 0.3 is 5.97 Å². The zero-order chi connectivity index (χ0) is 15.6. The zero-order valence-electron chi connectivity index (χ0n) is 12.7. The number of aliphatic carboxylic acids is 1. The first kappa shape index (κ1) is 15.5. The largest absolute Gasteiger partial charge is 0.480 e. The van der Waals surface area contributed by atoms with Crippen molar-refractivity contribution in [3.8, 4) is 0 Å².